The van der Waals surface area contributed by atoms with Crippen LogP contribution in [0.5, 0.6) is 11.5 Å². The predicted octanol–water partition coefficient (Wildman–Crippen LogP) is 3.84. The lowest BCUT2D eigenvalue weighted by Gasteiger charge is -2.31. The summed E-state index contributed by atoms with van der Waals surface area (Å²) in [5.74, 6) is 0.385. The Kier molecular flexibility index (Phi) is 8.25. The van der Waals surface area contributed by atoms with Gasteiger partial charge in [0, 0.05) is 48.3 Å². The first-order chi connectivity index (χ1) is 17.4. The van der Waals surface area contributed by atoms with Crippen LogP contribution in [0, 0.1) is 5.92 Å². The molecule has 0 aromatic heterocycles. The smallest absolute Gasteiger partial charge is 0.331 e. The second-order valence-electron chi connectivity index (χ2n) is 9.01. The zero-order chi connectivity index (χ0) is 25.5. The largest absolute Gasteiger partial charge is 0.493 e. The highest BCUT2D eigenvalue weighted by Crippen LogP contribution is 2.35. The second-order valence-corrected chi connectivity index (χ2v) is 9.01. The number of ether oxygens (including phenoxy) is 3. The molecule has 2 heterocycles. The van der Waals surface area contributed by atoms with E-state index >= 15 is 0 Å². The van der Waals surface area contributed by atoms with E-state index < -0.39 is 5.97 Å². The van der Waals surface area contributed by atoms with E-state index in [0.717, 1.165) is 23.4 Å². The quantitative estimate of drug-likeness (QED) is 0.445. The van der Waals surface area contributed by atoms with Crippen LogP contribution >= 0.6 is 0 Å². The molecule has 0 aliphatic carbocycles. The molecule has 2 aliphatic rings. The summed E-state index contributed by atoms with van der Waals surface area (Å²) in [5.41, 5.74) is 2.55. The van der Waals surface area contributed by atoms with Crippen molar-refractivity contribution in [3.05, 3.63) is 59.7 Å². The molecule has 2 aromatic rings. The monoisotopic (exact) mass is 492 g/mol. The minimum absolute atomic E-state index is 0.0392. The van der Waals surface area contributed by atoms with Crippen molar-refractivity contribution in [1.29, 1.82) is 0 Å². The summed E-state index contributed by atoms with van der Waals surface area (Å²) < 4.78 is 16.7. The molecule has 8 heteroatoms. The Bertz CT molecular complexity index is 1120. The van der Waals surface area contributed by atoms with Gasteiger partial charge in [-0.2, -0.15) is 0 Å². The van der Waals surface area contributed by atoms with Crippen molar-refractivity contribution in [1.82, 2.24) is 4.90 Å². The lowest BCUT2D eigenvalue weighted by molar-refractivity contribution is -0.149. The molecule has 1 fully saturated rings. The van der Waals surface area contributed by atoms with Crippen molar-refractivity contribution >= 4 is 29.5 Å². The third-order valence-corrected chi connectivity index (χ3v) is 6.32. The van der Waals surface area contributed by atoms with Crippen molar-refractivity contribution < 1.29 is 28.6 Å². The highest BCUT2D eigenvalue weighted by molar-refractivity contribution is 5.93. The summed E-state index contributed by atoms with van der Waals surface area (Å²) in [7, 11) is 0. The highest BCUT2D eigenvalue weighted by Gasteiger charge is 2.28. The normalized spacial score (nSPS) is 17.4. The summed E-state index contributed by atoms with van der Waals surface area (Å²) in [6.07, 6.45) is 4.96. The molecule has 2 amide bonds. The highest BCUT2D eigenvalue weighted by atomic mass is 16.5. The lowest BCUT2D eigenvalue weighted by Crippen LogP contribution is -2.43. The fourth-order valence-electron chi connectivity index (χ4n) is 4.45. The summed E-state index contributed by atoms with van der Waals surface area (Å²) in [5, 5.41) is 2.91. The van der Waals surface area contributed by atoms with Crippen molar-refractivity contribution in [2.75, 3.05) is 31.6 Å². The summed E-state index contributed by atoms with van der Waals surface area (Å²) in [4.78, 5) is 38.9. The van der Waals surface area contributed by atoms with Gasteiger partial charge in [-0.05, 0) is 57.0 Å². The number of nitrogens with zero attached hydrogens (tertiary/aromatic N) is 1. The van der Waals surface area contributed by atoms with Crippen LogP contribution in [-0.2, 0) is 25.5 Å². The number of carbonyl (C=O) groups is 3. The van der Waals surface area contributed by atoms with Crippen LogP contribution in [0.1, 0.15) is 37.8 Å². The maximum absolute atomic E-state index is 12.5. The molecule has 36 heavy (non-hydrogen) atoms. The number of esters is 1. The Hall–Kier alpha value is -3.81. The van der Waals surface area contributed by atoms with Crippen LogP contribution in [0.2, 0.25) is 0 Å². The number of para-hydroxylation sites is 1. The number of hydrogen-bond donors (Lipinski definition) is 1. The van der Waals surface area contributed by atoms with E-state index in [1.54, 1.807) is 11.0 Å². The molecule has 1 atom stereocenters. The van der Waals surface area contributed by atoms with Gasteiger partial charge in [-0.25, -0.2) is 4.79 Å². The molecule has 1 unspecified atom stereocenters. The number of likely N-dealkylation sites (tertiary alicyclic amines) is 1. The lowest BCUT2D eigenvalue weighted by atomic mass is 9.95. The number of nitrogens with one attached hydrogen (secondary N) is 1. The van der Waals surface area contributed by atoms with Gasteiger partial charge < -0.3 is 24.4 Å². The van der Waals surface area contributed by atoms with Crippen LogP contribution in [-0.4, -0.2) is 55.1 Å². The summed E-state index contributed by atoms with van der Waals surface area (Å²) >= 11 is 0. The van der Waals surface area contributed by atoms with Crippen molar-refractivity contribution in [3.8, 4) is 11.5 Å². The number of rotatable bonds is 8. The van der Waals surface area contributed by atoms with Crippen molar-refractivity contribution in [2.24, 2.45) is 5.92 Å². The maximum atomic E-state index is 12.5. The number of piperidine rings is 1. The molecule has 0 saturated carbocycles. The van der Waals surface area contributed by atoms with Gasteiger partial charge in [-0.15, -0.1) is 0 Å². The van der Waals surface area contributed by atoms with Gasteiger partial charge in [0.25, 0.3) is 5.91 Å². The molecule has 0 bridgehead atoms. The molecule has 1 saturated heterocycles. The Labute approximate surface area is 211 Å². The molecule has 190 valence electrons. The van der Waals surface area contributed by atoms with Gasteiger partial charge in [0.2, 0.25) is 5.91 Å². The first-order valence-corrected chi connectivity index (χ1v) is 12.4. The second kappa shape index (κ2) is 11.7. The molecular weight excluding hydrogens is 460 g/mol. The van der Waals surface area contributed by atoms with Crippen LogP contribution < -0.4 is 14.8 Å². The third kappa shape index (κ3) is 6.44. The average Bonchev–Trinajstić information content (AvgIpc) is 3.25. The van der Waals surface area contributed by atoms with Gasteiger partial charge in [0.1, 0.15) is 17.6 Å². The average molecular weight is 493 g/mol. The SMILES string of the molecule is CCOc1cc2c(cc1C=CC(=O)OCC(=O)N1CCC(C(=O)Nc3ccccc3)CC1)OC(C)C2. The van der Waals surface area contributed by atoms with Crippen LogP contribution in [0.3, 0.4) is 0 Å². The topological polar surface area (TPSA) is 94.2 Å². The number of fused-ring (bicyclic) bond motifs is 1. The van der Waals surface area contributed by atoms with Gasteiger partial charge in [-0.3, -0.25) is 9.59 Å². The minimum Gasteiger partial charge on any atom is -0.493 e. The molecule has 8 nitrogen and oxygen atoms in total. The molecule has 2 aromatic carbocycles. The maximum Gasteiger partial charge on any atom is 0.331 e. The Morgan fingerprint density at radius 2 is 1.89 bits per heavy atom. The van der Waals surface area contributed by atoms with Gasteiger partial charge >= 0.3 is 5.97 Å². The van der Waals surface area contributed by atoms with E-state index in [-0.39, 0.29) is 30.4 Å². The Morgan fingerprint density at radius 1 is 1.14 bits per heavy atom. The first kappa shape index (κ1) is 25.3. The van der Waals surface area contributed by atoms with E-state index in [0.29, 0.717) is 43.9 Å². The minimum atomic E-state index is -0.613. The van der Waals surface area contributed by atoms with Crippen LogP contribution in [0.15, 0.2) is 48.5 Å². The molecule has 1 N–H and O–H groups in total. The van der Waals surface area contributed by atoms with Crippen molar-refractivity contribution in [3.63, 3.8) is 0 Å². The van der Waals surface area contributed by atoms with Gasteiger partial charge in [-0.1, -0.05) is 18.2 Å². The number of benzene rings is 2. The number of amides is 2. The van der Waals surface area contributed by atoms with E-state index in [2.05, 4.69) is 5.32 Å². The van der Waals surface area contributed by atoms with Crippen molar-refractivity contribution in [2.45, 2.75) is 39.2 Å². The predicted molar refractivity (Wildman–Crippen MR) is 136 cm³/mol. The van der Waals surface area contributed by atoms with E-state index in [9.17, 15) is 14.4 Å². The standard InChI is InChI=1S/C28H32N2O6/c1-3-34-24-17-22-15-19(2)36-25(22)16-21(24)9-10-27(32)35-18-26(31)30-13-11-20(12-14-30)28(33)29-23-7-5-4-6-8-23/h4-10,16-17,19-20H,3,11-15,18H2,1-2H3,(H,29,33). The van der Waals surface area contributed by atoms with Gasteiger partial charge in [0.05, 0.1) is 6.61 Å². The van der Waals surface area contributed by atoms with Crippen LogP contribution in [0.4, 0.5) is 5.69 Å². The van der Waals surface area contributed by atoms with E-state index in [4.69, 9.17) is 14.2 Å². The first-order valence-electron chi connectivity index (χ1n) is 12.4. The Morgan fingerprint density at radius 3 is 2.61 bits per heavy atom. The number of anilines is 1. The Balaban J connectivity index is 1.24. The third-order valence-electron chi connectivity index (χ3n) is 6.32. The number of carbonyl (C=O) groups excluding carboxylic acids is 3. The van der Waals surface area contributed by atoms with E-state index in [1.165, 1.54) is 6.08 Å². The molecular formula is C28H32N2O6. The molecule has 2 aliphatic heterocycles. The zero-order valence-electron chi connectivity index (χ0n) is 20.7. The molecule has 0 spiro atoms. The molecule has 0 radical (unpaired) electrons. The zero-order valence-corrected chi connectivity index (χ0v) is 20.7. The van der Waals surface area contributed by atoms with Gasteiger partial charge in [0.15, 0.2) is 6.61 Å². The van der Waals surface area contributed by atoms with Crippen LogP contribution in [0.25, 0.3) is 6.08 Å². The number of hydrogen-bond acceptors (Lipinski definition) is 6. The fourth-order valence-corrected chi connectivity index (χ4v) is 4.45. The molecule has 4 rings (SSSR count). The fraction of sp³-hybridized carbons (Fsp3) is 0.393. The van der Waals surface area contributed by atoms with E-state index in [1.807, 2.05) is 56.3 Å². The summed E-state index contributed by atoms with van der Waals surface area (Å²) in [6.45, 7) is 4.96. The summed E-state index contributed by atoms with van der Waals surface area (Å²) in [6, 6.07) is 13.1.